The van der Waals surface area contributed by atoms with Crippen LogP contribution in [-0.4, -0.2) is 37.6 Å². The van der Waals surface area contributed by atoms with E-state index in [2.05, 4.69) is 36.3 Å². The molecule has 2 heteroatoms. The zero-order chi connectivity index (χ0) is 7.40. The van der Waals surface area contributed by atoms with Crippen molar-refractivity contribution in [1.29, 1.82) is 0 Å². The second-order valence-corrected chi connectivity index (χ2v) is 2.90. The monoisotopic (exact) mass is 140 g/mol. The van der Waals surface area contributed by atoms with Crippen molar-refractivity contribution in [2.75, 3.05) is 26.7 Å². The number of hydrogen-bond acceptors (Lipinski definition) is 2. The molecule has 1 saturated heterocycles. The van der Waals surface area contributed by atoms with E-state index in [0.717, 1.165) is 12.6 Å². The minimum atomic E-state index is 0.737. The van der Waals surface area contributed by atoms with E-state index < -0.39 is 0 Å². The Kier molecular flexibility index (Phi) is 2.90. The molecule has 1 aliphatic heterocycles. The van der Waals surface area contributed by atoms with Crippen LogP contribution in [0.4, 0.5) is 0 Å². The molecule has 1 rings (SSSR count). The maximum atomic E-state index is 3.42. The molecule has 10 heavy (non-hydrogen) atoms. The van der Waals surface area contributed by atoms with E-state index >= 15 is 0 Å². The van der Waals surface area contributed by atoms with Gasteiger partial charge in [-0.15, -0.1) is 0 Å². The summed E-state index contributed by atoms with van der Waals surface area (Å²) in [5, 5.41) is 3.42. The predicted octanol–water partition coefficient (Wildman–Crippen LogP) is 0.466. The van der Waals surface area contributed by atoms with Crippen LogP contribution in [0.5, 0.6) is 0 Å². The molecular formula is C8H16N2. The van der Waals surface area contributed by atoms with Crippen LogP contribution in [0.25, 0.3) is 0 Å². The van der Waals surface area contributed by atoms with Gasteiger partial charge in [-0.05, 0) is 14.0 Å². The molecule has 0 atom stereocenters. The van der Waals surface area contributed by atoms with Gasteiger partial charge in [0.1, 0.15) is 0 Å². The van der Waals surface area contributed by atoms with Gasteiger partial charge in [0.05, 0.1) is 0 Å². The normalized spacial score (nSPS) is 21.8. The molecule has 0 amide bonds. The molecule has 1 aliphatic rings. The molecule has 2 nitrogen and oxygen atoms in total. The second kappa shape index (κ2) is 3.74. The molecule has 0 saturated carbocycles. The fraction of sp³-hybridized carbons (Fsp3) is 0.750. The Hall–Kier alpha value is -0.340. The van der Waals surface area contributed by atoms with Gasteiger partial charge in [0, 0.05) is 25.7 Å². The topological polar surface area (TPSA) is 15.3 Å². The Morgan fingerprint density at radius 2 is 2.30 bits per heavy atom. The van der Waals surface area contributed by atoms with Gasteiger partial charge in [-0.3, -0.25) is 0 Å². The third-order valence-electron chi connectivity index (χ3n) is 1.82. The minimum Gasteiger partial charge on any atom is -0.308 e. The summed E-state index contributed by atoms with van der Waals surface area (Å²) < 4.78 is 0. The summed E-state index contributed by atoms with van der Waals surface area (Å²) in [7, 11) is 2.15. The number of likely N-dealkylation sites (tertiary alicyclic amines) is 1. The third-order valence-corrected chi connectivity index (χ3v) is 1.82. The van der Waals surface area contributed by atoms with Crippen LogP contribution >= 0.6 is 0 Å². The number of hydrogen-bond donors (Lipinski definition) is 1. The van der Waals surface area contributed by atoms with Gasteiger partial charge in [0.15, 0.2) is 0 Å². The fourth-order valence-corrected chi connectivity index (χ4v) is 1.18. The second-order valence-electron chi connectivity index (χ2n) is 2.90. The molecule has 0 bridgehead atoms. The van der Waals surface area contributed by atoms with Crippen molar-refractivity contribution in [2.24, 2.45) is 0 Å². The van der Waals surface area contributed by atoms with Gasteiger partial charge >= 0.3 is 0 Å². The first-order chi connectivity index (χ1) is 4.83. The lowest BCUT2D eigenvalue weighted by Gasteiger charge is -2.36. The van der Waals surface area contributed by atoms with E-state index in [0.29, 0.717) is 0 Å². The zero-order valence-electron chi connectivity index (χ0n) is 6.80. The molecule has 1 heterocycles. The lowest BCUT2D eigenvalue weighted by atomic mass is 10.1. The zero-order valence-corrected chi connectivity index (χ0v) is 6.80. The van der Waals surface area contributed by atoms with Crippen LogP contribution in [0.3, 0.4) is 0 Å². The van der Waals surface area contributed by atoms with Crippen LogP contribution in [0, 0.1) is 0 Å². The van der Waals surface area contributed by atoms with Gasteiger partial charge < -0.3 is 10.2 Å². The average Bonchev–Trinajstić information content (AvgIpc) is 1.85. The summed E-state index contributed by atoms with van der Waals surface area (Å²) in [5.41, 5.74) is 0. The van der Waals surface area contributed by atoms with Gasteiger partial charge in [0.25, 0.3) is 0 Å². The Bertz CT molecular complexity index is 114. The molecule has 0 unspecified atom stereocenters. The maximum Gasteiger partial charge on any atom is 0.0325 e. The highest BCUT2D eigenvalue weighted by atomic mass is 15.2. The lowest BCUT2D eigenvalue weighted by molar-refractivity contribution is 0.165. The van der Waals surface area contributed by atoms with Gasteiger partial charge in [-0.2, -0.15) is 0 Å². The standard InChI is InChI=1S/C8H16N2/c1-3-4-5-9-8-6-10(2)7-8/h3-4,8-9H,5-7H2,1-2H3/b4-3+. The average molecular weight is 140 g/mol. The van der Waals surface area contributed by atoms with E-state index in [9.17, 15) is 0 Å². The summed E-state index contributed by atoms with van der Waals surface area (Å²) >= 11 is 0. The van der Waals surface area contributed by atoms with Crippen molar-refractivity contribution < 1.29 is 0 Å². The highest BCUT2D eigenvalue weighted by Gasteiger charge is 2.21. The molecule has 1 fully saturated rings. The number of allylic oxidation sites excluding steroid dienone is 1. The van der Waals surface area contributed by atoms with E-state index in [1.165, 1.54) is 13.1 Å². The highest BCUT2D eigenvalue weighted by Crippen LogP contribution is 2.02. The van der Waals surface area contributed by atoms with Crippen molar-refractivity contribution in [3.05, 3.63) is 12.2 Å². The van der Waals surface area contributed by atoms with E-state index in [4.69, 9.17) is 0 Å². The van der Waals surface area contributed by atoms with Gasteiger partial charge in [0.2, 0.25) is 0 Å². The van der Waals surface area contributed by atoms with Gasteiger partial charge in [-0.25, -0.2) is 0 Å². The smallest absolute Gasteiger partial charge is 0.0325 e. The van der Waals surface area contributed by atoms with Crippen molar-refractivity contribution in [2.45, 2.75) is 13.0 Å². The Morgan fingerprint density at radius 3 is 2.80 bits per heavy atom. The van der Waals surface area contributed by atoms with Crippen molar-refractivity contribution in [3.8, 4) is 0 Å². The van der Waals surface area contributed by atoms with Crippen LogP contribution in [0.2, 0.25) is 0 Å². The van der Waals surface area contributed by atoms with Crippen LogP contribution in [0.15, 0.2) is 12.2 Å². The molecular weight excluding hydrogens is 124 g/mol. The molecule has 0 aliphatic carbocycles. The number of nitrogens with one attached hydrogen (secondary N) is 1. The van der Waals surface area contributed by atoms with Gasteiger partial charge in [-0.1, -0.05) is 12.2 Å². The lowest BCUT2D eigenvalue weighted by Crippen LogP contribution is -2.55. The van der Waals surface area contributed by atoms with Crippen LogP contribution in [0.1, 0.15) is 6.92 Å². The molecule has 0 spiro atoms. The number of rotatable bonds is 3. The molecule has 58 valence electrons. The molecule has 0 radical (unpaired) electrons. The SMILES string of the molecule is C/C=C/CNC1CN(C)C1. The first-order valence-electron chi connectivity index (χ1n) is 3.86. The number of nitrogens with zero attached hydrogens (tertiary/aromatic N) is 1. The van der Waals surface area contributed by atoms with Crippen LogP contribution < -0.4 is 5.32 Å². The summed E-state index contributed by atoms with van der Waals surface area (Å²) in [6.45, 7) is 5.48. The highest BCUT2D eigenvalue weighted by molar-refractivity contribution is 4.87. The third kappa shape index (κ3) is 2.12. The van der Waals surface area contributed by atoms with Crippen molar-refractivity contribution >= 4 is 0 Å². The Labute approximate surface area is 62.9 Å². The summed E-state index contributed by atoms with van der Waals surface area (Å²) in [6, 6.07) is 0.737. The maximum absolute atomic E-state index is 3.42. The molecule has 0 aromatic heterocycles. The van der Waals surface area contributed by atoms with E-state index in [1.54, 1.807) is 0 Å². The quantitative estimate of drug-likeness (QED) is 0.573. The van der Waals surface area contributed by atoms with Crippen LogP contribution in [-0.2, 0) is 0 Å². The molecule has 1 N–H and O–H groups in total. The first kappa shape index (κ1) is 7.76. The summed E-state index contributed by atoms with van der Waals surface area (Å²) in [4.78, 5) is 2.31. The fourth-order valence-electron chi connectivity index (χ4n) is 1.18. The van der Waals surface area contributed by atoms with E-state index in [1.807, 2.05) is 0 Å². The Morgan fingerprint density at radius 1 is 1.60 bits per heavy atom. The number of likely N-dealkylation sites (N-methyl/N-ethyl adjacent to an activating group) is 1. The van der Waals surface area contributed by atoms with Crippen molar-refractivity contribution in [1.82, 2.24) is 10.2 Å². The predicted molar refractivity (Wildman–Crippen MR) is 44.1 cm³/mol. The summed E-state index contributed by atoms with van der Waals surface area (Å²) in [5.74, 6) is 0. The van der Waals surface area contributed by atoms with E-state index in [-0.39, 0.29) is 0 Å². The molecule has 0 aromatic rings. The Balaban J connectivity index is 1.95. The van der Waals surface area contributed by atoms with Crippen molar-refractivity contribution in [3.63, 3.8) is 0 Å². The minimum absolute atomic E-state index is 0.737. The largest absolute Gasteiger partial charge is 0.308 e. The first-order valence-corrected chi connectivity index (χ1v) is 3.86. The molecule has 0 aromatic carbocycles. The summed E-state index contributed by atoms with van der Waals surface area (Å²) in [6.07, 6.45) is 4.23.